The zero-order valence-corrected chi connectivity index (χ0v) is 10.1. The van der Waals surface area contributed by atoms with E-state index in [0.717, 1.165) is 11.1 Å². The van der Waals surface area contributed by atoms with Crippen LogP contribution in [0.25, 0.3) is 22.0 Å². The van der Waals surface area contributed by atoms with Crippen LogP contribution < -0.4 is 0 Å². The SMILES string of the molecule is Cc1cc(-c2cccnc2Cl)cc2cc[nH]c12. The minimum absolute atomic E-state index is 0.543. The van der Waals surface area contributed by atoms with Crippen LogP contribution in [-0.4, -0.2) is 9.97 Å². The molecule has 0 bridgehead atoms. The molecule has 3 rings (SSSR count). The van der Waals surface area contributed by atoms with Gasteiger partial charge in [-0.05, 0) is 48.4 Å². The molecule has 2 nitrogen and oxygen atoms in total. The Morgan fingerprint density at radius 3 is 2.94 bits per heavy atom. The van der Waals surface area contributed by atoms with Gasteiger partial charge in [0.1, 0.15) is 5.15 Å². The third kappa shape index (κ3) is 1.71. The first kappa shape index (κ1) is 10.4. The summed E-state index contributed by atoms with van der Waals surface area (Å²) in [5, 5.41) is 1.74. The molecule has 84 valence electrons. The number of hydrogen-bond acceptors (Lipinski definition) is 1. The Balaban J connectivity index is 2.28. The number of aromatic nitrogens is 2. The number of pyridine rings is 1. The van der Waals surface area contributed by atoms with Gasteiger partial charge in [0, 0.05) is 28.9 Å². The highest BCUT2D eigenvalue weighted by Crippen LogP contribution is 2.30. The van der Waals surface area contributed by atoms with Crippen LogP contribution in [-0.2, 0) is 0 Å². The average molecular weight is 243 g/mol. The van der Waals surface area contributed by atoms with Crippen LogP contribution in [0.5, 0.6) is 0 Å². The third-order valence-corrected chi connectivity index (χ3v) is 3.23. The number of rotatable bonds is 1. The van der Waals surface area contributed by atoms with E-state index in [1.807, 2.05) is 18.3 Å². The topological polar surface area (TPSA) is 28.7 Å². The number of halogens is 1. The molecule has 0 atom stereocenters. The molecule has 0 fully saturated rings. The Kier molecular flexibility index (Phi) is 2.37. The number of aryl methyl sites for hydroxylation is 1. The lowest BCUT2D eigenvalue weighted by atomic mass is 10.0. The van der Waals surface area contributed by atoms with Crippen molar-refractivity contribution in [2.45, 2.75) is 6.92 Å². The molecule has 3 heteroatoms. The molecular weight excluding hydrogens is 232 g/mol. The van der Waals surface area contributed by atoms with Gasteiger partial charge in [0.05, 0.1) is 0 Å². The smallest absolute Gasteiger partial charge is 0.136 e. The van der Waals surface area contributed by atoms with Crippen LogP contribution in [0.4, 0.5) is 0 Å². The highest BCUT2D eigenvalue weighted by Gasteiger charge is 2.07. The fraction of sp³-hybridized carbons (Fsp3) is 0.0714. The second kappa shape index (κ2) is 3.90. The van der Waals surface area contributed by atoms with Gasteiger partial charge >= 0.3 is 0 Å². The maximum Gasteiger partial charge on any atom is 0.136 e. The zero-order valence-electron chi connectivity index (χ0n) is 9.37. The van der Waals surface area contributed by atoms with Crippen LogP contribution >= 0.6 is 11.6 Å². The number of fused-ring (bicyclic) bond motifs is 1. The molecule has 1 N–H and O–H groups in total. The van der Waals surface area contributed by atoms with Gasteiger partial charge in [-0.15, -0.1) is 0 Å². The molecule has 0 amide bonds. The van der Waals surface area contributed by atoms with E-state index in [4.69, 9.17) is 11.6 Å². The number of nitrogens with one attached hydrogen (secondary N) is 1. The van der Waals surface area contributed by atoms with Crippen LogP contribution in [0.15, 0.2) is 42.7 Å². The van der Waals surface area contributed by atoms with E-state index in [0.29, 0.717) is 5.15 Å². The Morgan fingerprint density at radius 1 is 1.24 bits per heavy atom. The maximum atomic E-state index is 6.12. The maximum absolute atomic E-state index is 6.12. The number of hydrogen-bond donors (Lipinski definition) is 1. The normalized spacial score (nSPS) is 10.9. The fourth-order valence-corrected chi connectivity index (χ4v) is 2.34. The summed E-state index contributed by atoms with van der Waals surface area (Å²) in [4.78, 5) is 7.34. The predicted molar refractivity (Wildman–Crippen MR) is 71.3 cm³/mol. The molecule has 0 spiro atoms. The summed E-state index contributed by atoms with van der Waals surface area (Å²) in [5.41, 5.74) is 4.46. The molecule has 2 aromatic heterocycles. The highest BCUT2D eigenvalue weighted by molar-refractivity contribution is 6.32. The summed E-state index contributed by atoms with van der Waals surface area (Å²) in [7, 11) is 0. The van der Waals surface area contributed by atoms with Crippen LogP contribution in [0.1, 0.15) is 5.56 Å². The van der Waals surface area contributed by atoms with Crippen molar-refractivity contribution in [2.24, 2.45) is 0 Å². The lowest BCUT2D eigenvalue weighted by molar-refractivity contribution is 1.33. The summed E-state index contributed by atoms with van der Waals surface area (Å²) in [6.45, 7) is 2.09. The monoisotopic (exact) mass is 242 g/mol. The van der Waals surface area contributed by atoms with Gasteiger partial charge in [-0.3, -0.25) is 0 Å². The Hall–Kier alpha value is -1.80. The molecule has 0 unspecified atom stereocenters. The van der Waals surface area contributed by atoms with Gasteiger partial charge in [-0.25, -0.2) is 4.98 Å². The lowest BCUT2D eigenvalue weighted by Gasteiger charge is -2.06. The van der Waals surface area contributed by atoms with Crippen molar-refractivity contribution in [2.75, 3.05) is 0 Å². The van der Waals surface area contributed by atoms with Gasteiger partial charge in [0.2, 0.25) is 0 Å². The molecule has 3 aromatic rings. The first-order chi connectivity index (χ1) is 8.25. The van der Waals surface area contributed by atoms with E-state index in [1.165, 1.54) is 16.5 Å². The standard InChI is InChI=1S/C14H11ClN2/c1-9-7-11(8-10-4-6-16-13(9)10)12-3-2-5-17-14(12)15/h2-8,16H,1H3. The fourth-order valence-electron chi connectivity index (χ4n) is 2.11. The molecule has 1 aromatic carbocycles. The van der Waals surface area contributed by atoms with Crippen molar-refractivity contribution in [3.8, 4) is 11.1 Å². The van der Waals surface area contributed by atoms with Gasteiger partial charge in [0.15, 0.2) is 0 Å². The molecule has 0 saturated carbocycles. The largest absolute Gasteiger partial charge is 0.361 e. The molecule has 0 aliphatic rings. The third-order valence-electron chi connectivity index (χ3n) is 2.93. The van der Waals surface area contributed by atoms with Crippen LogP contribution in [0, 0.1) is 6.92 Å². The Morgan fingerprint density at radius 2 is 2.12 bits per heavy atom. The summed E-state index contributed by atoms with van der Waals surface area (Å²) in [6, 6.07) is 10.2. The second-order valence-electron chi connectivity index (χ2n) is 4.08. The van der Waals surface area contributed by atoms with Crippen molar-refractivity contribution in [1.82, 2.24) is 9.97 Å². The van der Waals surface area contributed by atoms with Crippen LogP contribution in [0.2, 0.25) is 5.15 Å². The van der Waals surface area contributed by atoms with E-state index in [2.05, 4.69) is 35.1 Å². The van der Waals surface area contributed by atoms with Gasteiger partial charge in [-0.2, -0.15) is 0 Å². The second-order valence-corrected chi connectivity index (χ2v) is 4.43. The zero-order chi connectivity index (χ0) is 11.8. The number of nitrogens with zero attached hydrogens (tertiary/aromatic N) is 1. The van der Waals surface area contributed by atoms with Crippen molar-refractivity contribution in [3.63, 3.8) is 0 Å². The Labute approximate surface area is 104 Å². The molecule has 0 aliphatic heterocycles. The summed E-state index contributed by atoms with van der Waals surface area (Å²) in [5.74, 6) is 0. The van der Waals surface area contributed by atoms with Gasteiger partial charge in [0.25, 0.3) is 0 Å². The molecule has 2 heterocycles. The first-order valence-corrected chi connectivity index (χ1v) is 5.82. The van der Waals surface area contributed by atoms with Crippen LogP contribution in [0.3, 0.4) is 0 Å². The minimum atomic E-state index is 0.543. The molecule has 0 aliphatic carbocycles. The van der Waals surface area contributed by atoms with E-state index < -0.39 is 0 Å². The molecule has 0 radical (unpaired) electrons. The summed E-state index contributed by atoms with van der Waals surface area (Å²) >= 11 is 6.12. The lowest BCUT2D eigenvalue weighted by Crippen LogP contribution is -1.85. The van der Waals surface area contributed by atoms with E-state index in [9.17, 15) is 0 Å². The van der Waals surface area contributed by atoms with Crippen molar-refractivity contribution in [1.29, 1.82) is 0 Å². The van der Waals surface area contributed by atoms with Gasteiger partial charge < -0.3 is 4.98 Å². The van der Waals surface area contributed by atoms with E-state index in [1.54, 1.807) is 6.20 Å². The van der Waals surface area contributed by atoms with Crippen molar-refractivity contribution in [3.05, 3.63) is 53.4 Å². The summed E-state index contributed by atoms with van der Waals surface area (Å²) in [6.07, 6.45) is 3.65. The van der Waals surface area contributed by atoms with Crippen molar-refractivity contribution < 1.29 is 0 Å². The number of H-pyrrole nitrogens is 1. The van der Waals surface area contributed by atoms with Crippen molar-refractivity contribution >= 4 is 22.5 Å². The van der Waals surface area contributed by atoms with E-state index in [-0.39, 0.29) is 0 Å². The minimum Gasteiger partial charge on any atom is -0.361 e. The molecule has 0 saturated heterocycles. The molecule has 17 heavy (non-hydrogen) atoms. The van der Waals surface area contributed by atoms with Gasteiger partial charge in [-0.1, -0.05) is 11.6 Å². The predicted octanol–water partition coefficient (Wildman–Crippen LogP) is 4.19. The highest BCUT2D eigenvalue weighted by atomic mass is 35.5. The quantitative estimate of drug-likeness (QED) is 0.637. The first-order valence-electron chi connectivity index (χ1n) is 5.44. The summed E-state index contributed by atoms with van der Waals surface area (Å²) < 4.78 is 0. The molecular formula is C14H11ClN2. The Bertz CT molecular complexity index is 686. The average Bonchev–Trinajstić information content (AvgIpc) is 2.78. The van der Waals surface area contributed by atoms with E-state index >= 15 is 0 Å². The number of benzene rings is 1. The number of aromatic amines is 1.